The first-order chi connectivity index (χ1) is 12.6. The summed E-state index contributed by atoms with van der Waals surface area (Å²) in [4.78, 5) is 6.94. The van der Waals surface area contributed by atoms with Gasteiger partial charge in [-0.15, -0.1) is 0 Å². The van der Waals surface area contributed by atoms with E-state index in [0.29, 0.717) is 5.41 Å². The van der Waals surface area contributed by atoms with Crippen LogP contribution in [0.5, 0.6) is 0 Å². The number of rotatable bonds is 17. The number of hydrogen-bond donors (Lipinski definition) is 0. The Morgan fingerprint density at radius 1 is 0.630 bits per heavy atom. The summed E-state index contributed by atoms with van der Waals surface area (Å²) in [7, 11) is 14.7. The minimum atomic E-state index is -2.02. The first kappa shape index (κ1) is 27.0. The molecule has 0 unspecified atom stereocenters. The van der Waals surface area contributed by atoms with Gasteiger partial charge in [0.2, 0.25) is 0 Å². The molecule has 0 aliphatic carbocycles. The second kappa shape index (κ2) is 14.1. The maximum atomic E-state index is 5.80. The van der Waals surface area contributed by atoms with Gasteiger partial charge in [0.15, 0.2) is 0 Å². The van der Waals surface area contributed by atoms with Gasteiger partial charge in [-0.1, -0.05) is 0 Å². The summed E-state index contributed by atoms with van der Waals surface area (Å²) in [5.41, 5.74) is 0.410. The molecule has 0 saturated heterocycles. The Hall–Kier alpha value is 0.0169. The van der Waals surface area contributed by atoms with Gasteiger partial charge in [-0.05, 0) is 125 Å². The van der Waals surface area contributed by atoms with E-state index in [9.17, 15) is 0 Å². The van der Waals surface area contributed by atoms with E-state index >= 15 is 0 Å². The van der Waals surface area contributed by atoms with Gasteiger partial charge in [0, 0.05) is 14.2 Å². The predicted octanol–water partition coefficient (Wildman–Crippen LogP) is 3.75. The van der Waals surface area contributed by atoms with Crippen LogP contribution in [-0.2, 0) is 8.85 Å². The van der Waals surface area contributed by atoms with Crippen molar-refractivity contribution in [2.45, 2.75) is 57.5 Å². The fourth-order valence-electron chi connectivity index (χ4n) is 3.84. The zero-order chi connectivity index (χ0) is 20.9. The molecule has 0 fully saturated rings. The maximum Gasteiger partial charge on any atom is 0.334 e. The molecular formula is C21H49N3O2Si. The second-order valence-corrected chi connectivity index (χ2v) is 12.8. The average molecular weight is 404 g/mol. The number of hydrogen-bond acceptors (Lipinski definition) is 5. The maximum absolute atomic E-state index is 5.80. The highest BCUT2D eigenvalue weighted by molar-refractivity contribution is 6.65. The van der Waals surface area contributed by atoms with Gasteiger partial charge in [0.1, 0.15) is 0 Å². The summed E-state index contributed by atoms with van der Waals surface area (Å²) in [6, 6.07) is 1.09. The Kier molecular flexibility index (Phi) is 14.1. The fraction of sp³-hybridized carbons (Fsp3) is 1.00. The molecule has 27 heavy (non-hydrogen) atoms. The molecule has 0 amide bonds. The molecule has 0 atom stereocenters. The third-order valence-electron chi connectivity index (χ3n) is 5.91. The van der Waals surface area contributed by atoms with E-state index in [1.807, 2.05) is 14.2 Å². The molecule has 0 aromatic carbocycles. The van der Waals surface area contributed by atoms with Crippen molar-refractivity contribution in [2.24, 2.45) is 5.41 Å². The highest BCUT2D eigenvalue weighted by atomic mass is 28.4. The molecule has 0 radical (unpaired) electrons. The topological polar surface area (TPSA) is 28.2 Å². The Labute approximate surface area is 171 Å². The van der Waals surface area contributed by atoms with E-state index in [-0.39, 0.29) is 0 Å². The molecule has 0 aromatic rings. The van der Waals surface area contributed by atoms with Gasteiger partial charge in [-0.3, -0.25) is 0 Å². The van der Waals surface area contributed by atoms with Gasteiger partial charge in [-0.2, -0.15) is 0 Å². The van der Waals surface area contributed by atoms with Crippen molar-refractivity contribution < 1.29 is 8.85 Å². The van der Waals surface area contributed by atoms with E-state index in [1.54, 1.807) is 0 Å². The molecule has 0 aliphatic rings. The highest BCUT2D eigenvalue weighted by Crippen LogP contribution is 2.41. The lowest BCUT2D eigenvalue weighted by Crippen LogP contribution is -2.38. The van der Waals surface area contributed by atoms with Crippen molar-refractivity contribution in [3.8, 4) is 0 Å². The molecule has 0 saturated carbocycles. The van der Waals surface area contributed by atoms with E-state index in [2.05, 4.69) is 63.5 Å². The average Bonchev–Trinajstić information content (AvgIpc) is 2.58. The lowest BCUT2D eigenvalue weighted by Gasteiger charge is -2.38. The Balaban J connectivity index is 5.18. The standard InChI is InChI=1S/C21H49N3O2Si/c1-22(2)17-10-13-21(14-11-18-23(3)4,15-12-19-24(5)6)16-20-27(9,25-7)26-8/h10-20H2,1-9H3. The van der Waals surface area contributed by atoms with E-state index < -0.39 is 8.56 Å². The van der Waals surface area contributed by atoms with Crippen LogP contribution in [-0.4, -0.2) is 99.4 Å². The van der Waals surface area contributed by atoms with Gasteiger partial charge >= 0.3 is 8.56 Å². The van der Waals surface area contributed by atoms with Crippen molar-refractivity contribution in [1.29, 1.82) is 0 Å². The molecule has 0 rings (SSSR count). The third kappa shape index (κ3) is 13.0. The van der Waals surface area contributed by atoms with Crippen molar-refractivity contribution >= 4 is 8.56 Å². The van der Waals surface area contributed by atoms with Gasteiger partial charge in [-0.25, -0.2) is 0 Å². The van der Waals surface area contributed by atoms with Crippen LogP contribution in [0.25, 0.3) is 0 Å². The van der Waals surface area contributed by atoms with Crippen LogP contribution in [0, 0.1) is 5.41 Å². The van der Waals surface area contributed by atoms with Crippen molar-refractivity contribution in [3.05, 3.63) is 0 Å². The Morgan fingerprint density at radius 3 is 1.22 bits per heavy atom. The van der Waals surface area contributed by atoms with Crippen LogP contribution in [0.3, 0.4) is 0 Å². The zero-order valence-electron chi connectivity index (χ0n) is 19.9. The molecule has 0 spiro atoms. The first-order valence-corrected chi connectivity index (χ1v) is 13.1. The van der Waals surface area contributed by atoms with Crippen LogP contribution in [0.15, 0.2) is 0 Å². The van der Waals surface area contributed by atoms with Crippen LogP contribution in [0.4, 0.5) is 0 Å². The normalized spacial score (nSPS) is 13.3. The fourth-order valence-corrected chi connectivity index (χ4v) is 5.40. The molecule has 0 heterocycles. The lowest BCUT2D eigenvalue weighted by molar-refractivity contribution is 0.161. The smallest absolute Gasteiger partial charge is 0.334 e. The summed E-state index contributed by atoms with van der Waals surface area (Å²) in [5, 5.41) is 0. The number of nitrogens with zero attached hydrogens (tertiary/aromatic N) is 3. The molecule has 164 valence electrons. The van der Waals surface area contributed by atoms with Crippen LogP contribution < -0.4 is 0 Å². The van der Waals surface area contributed by atoms with Crippen molar-refractivity contribution in [3.63, 3.8) is 0 Å². The summed E-state index contributed by atoms with van der Waals surface area (Å²) in [6.45, 7) is 5.72. The van der Waals surface area contributed by atoms with Crippen molar-refractivity contribution in [2.75, 3.05) is 76.1 Å². The molecular weight excluding hydrogens is 354 g/mol. The van der Waals surface area contributed by atoms with Crippen molar-refractivity contribution in [1.82, 2.24) is 14.7 Å². The van der Waals surface area contributed by atoms with E-state index in [4.69, 9.17) is 8.85 Å². The SMILES string of the molecule is CO[Si](C)(CCC(CCCN(C)C)(CCCN(C)C)CCCN(C)C)OC. The zero-order valence-corrected chi connectivity index (χ0v) is 20.9. The summed E-state index contributed by atoms with van der Waals surface area (Å²) in [5.74, 6) is 0. The Morgan fingerprint density at radius 2 is 0.963 bits per heavy atom. The molecule has 0 aliphatic heterocycles. The van der Waals surface area contributed by atoms with Gasteiger partial charge < -0.3 is 23.6 Å². The third-order valence-corrected chi connectivity index (χ3v) is 8.80. The molecule has 0 bridgehead atoms. The molecule has 0 N–H and O–H groups in total. The van der Waals surface area contributed by atoms with Gasteiger partial charge in [0.05, 0.1) is 0 Å². The minimum absolute atomic E-state index is 0.410. The summed E-state index contributed by atoms with van der Waals surface area (Å²) in [6.07, 6.45) is 8.98. The predicted molar refractivity (Wildman–Crippen MR) is 121 cm³/mol. The second-order valence-electron chi connectivity index (χ2n) is 9.26. The van der Waals surface area contributed by atoms with Crippen LogP contribution in [0.2, 0.25) is 12.6 Å². The monoisotopic (exact) mass is 403 g/mol. The summed E-state index contributed by atoms with van der Waals surface area (Å²) >= 11 is 0. The lowest BCUT2D eigenvalue weighted by atomic mass is 9.73. The molecule has 0 aromatic heterocycles. The van der Waals surface area contributed by atoms with E-state index in [1.165, 1.54) is 64.6 Å². The minimum Gasteiger partial charge on any atom is -0.398 e. The summed E-state index contributed by atoms with van der Waals surface area (Å²) < 4.78 is 11.6. The molecule has 5 nitrogen and oxygen atoms in total. The quantitative estimate of drug-likeness (QED) is 0.345. The molecule has 6 heteroatoms. The first-order valence-electron chi connectivity index (χ1n) is 10.6. The van der Waals surface area contributed by atoms with Gasteiger partial charge in [0.25, 0.3) is 0 Å². The van der Waals surface area contributed by atoms with E-state index in [0.717, 1.165) is 6.04 Å². The van der Waals surface area contributed by atoms with Crippen LogP contribution >= 0.6 is 0 Å². The highest BCUT2D eigenvalue weighted by Gasteiger charge is 2.35. The largest absolute Gasteiger partial charge is 0.398 e. The van der Waals surface area contributed by atoms with Crippen LogP contribution in [0.1, 0.15) is 44.9 Å². The Bertz CT molecular complexity index is 325.